The molecule has 0 bridgehead atoms. The van der Waals surface area contributed by atoms with Gasteiger partial charge in [-0.2, -0.15) is 0 Å². The van der Waals surface area contributed by atoms with Gasteiger partial charge in [-0.05, 0) is 6.92 Å². The molecule has 7 heteroatoms. The molecule has 92 valence electrons. The van der Waals surface area contributed by atoms with Gasteiger partial charge in [0.25, 0.3) is 0 Å². The average Bonchev–Trinajstić information content (AvgIpc) is 2.29. The van der Waals surface area contributed by atoms with Crippen LogP contribution >= 0.6 is 0 Å². The van der Waals surface area contributed by atoms with Crippen molar-refractivity contribution in [2.45, 2.75) is 13.0 Å². The lowest BCUT2D eigenvalue weighted by atomic mass is 10.2. The van der Waals surface area contributed by atoms with E-state index in [2.05, 4.69) is 15.7 Å². The molecule has 0 radical (unpaired) electrons. The number of nitrogens with zero attached hydrogens (tertiary/aromatic N) is 2. The summed E-state index contributed by atoms with van der Waals surface area (Å²) in [6.07, 6.45) is 0. The molecule has 1 heterocycles. The number of ether oxygens (including phenoxy) is 1. The van der Waals surface area contributed by atoms with Crippen molar-refractivity contribution >= 4 is 11.9 Å². The number of hydrogen-bond donors (Lipinski definition) is 3. The van der Waals surface area contributed by atoms with E-state index in [1.165, 1.54) is 0 Å². The molecule has 7 nitrogen and oxygen atoms in total. The number of nitrogens with one attached hydrogen (secondary N) is 2. The Morgan fingerprint density at radius 2 is 2.56 bits per heavy atom. The topological polar surface area (TPSA) is 92.0 Å². The number of rotatable bonds is 3. The molecule has 0 saturated carbocycles. The fourth-order valence-electron chi connectivity index (χ4n) is 1.53. The molecule has 1 unspecified atom stereocenters. The minimum Gasteiger partial charge on any atom is -0.383 e. The van der Waals surface area contributed by atoms with Crippen LogP contribution in [0.2, 0.25) is 0 Å². The number of carbonyl (C=O) groups excluding carboxylic acids is 1. The van der Waals surface area contributed by atoms with Gasteiger partial charge < -0.3 is 15.0 Å². The quantitative estimate of drug-likeness (QED) is 0.176. The van der Waals surface area contributed by atoms with E-state index in [1.54, 1.807) is 7.11 Å². The summed E-state index contributed by atoms with van der Waals surface area (Å²) in [6.45, 7) is 4.16. The molecule has 1 fully saturated rings. The smallest absolute Gasteiger partial charge is 0.242 e. The highest BCUT2D eigenvalue weighted by molar-refractivity contribution is 5.89. The fraction of sp³-hybridized carbons (Fsp3) is 0.778. The van der Waals surface area contributed by atoms with Gasteiger partial charge in [0, 0.05) is 20.2 Å². The molecule has 1 aliphatic heterocycles. The third-order valence-electron chi connectivity index (χ3n) is 2.46. The first kappa shape index (κ1) is 12.7. The fourth-order valence-corrected chi connectivity index (χ4v) is 1.53. The zero-order valence-electron chi connectivity index (χ0n) is 9.69. The van der Waals surface area contributed by atoms with E-state index in [0.717, 1.165) is 0 Å². The van der Waals surface area contributed by atoms with Crippen LogP contribution in [0.25, 0.3) is 0 Å². The van der Waals surface area contributed by atoms with Crippen molar-refractivity contribution in [3.05, 3.63) is 0 Å². The van der Waals surface area contributed by atoms with E-state index >= 15 is 0 Å². The Balaban J connectivity index is 2.63. The first-order valence-corrected chi connectivity index (χ1v) is 5.25. The van der Waals surface area contributed by atoms with Crippen LogP contribution in [0, 0.1) is 0 Å². The van der Waals surface area contributed by atoms with Crippen molar-refractivity contribution in [2.75, 3.05) is 33.4 Å². The minimum absolute atomic E-state index is 0.0130. The summed E-state index contributed by atoms with van der Waals surface area (Å²) in [6, 6.07) is -0.258. The van der Waals surface area contributed by atoms with Crippen LogP contribution in [0.1, 0.15) is 6.92 Å². The first-order chi connectivity index (χ1) is 7.70. The number of methoxy groups -OCH3 is 1. The van der Waals surface area contributed by atoms with Crippen molar-refractivity contribution < 1.29 is 9.53 Å². The van der Waals surface area contributed by atoms with Crippen LogP contribution in [-0.2, 0) is 9.53 Å². The minimum atomic E-state index is -0.258. The lowest BCUT2D eigenvalue weighted by molar-refractivity contribution is -0.126. The summed E-state index contributed by atoms with van der Waals surface area (Å²) in [5, 5.41) is 2.78. The normalized spacial score (nSPS) is 21.9. The predicted octanol–water partition coefficient (Wildman–Crippen LogP) is -1.73. The number of guanidine groups is 1. The Morgan fingerprint density at radius 3 is 3.19 bits per heavy atom. The summed E-state index contributed by atoms with van der Waals surface area (Å²) in [7, 11) is 1.61. The number of amides is 1. The highest BCUT2D eigenvalue weighted by atomic mass is 16.5. The van der Waals surface area contributed by atoms with E-state index in [4.69, 9.17) is 10.6 Å². The standard InChI is InChI=1S/C9H19N5O2/c1-7-8(15)11-3-5-14(7)9(13-10)12-4-6-16-2/h7H,3-6,10H2,1-2H3,(H,11,15)(H,12,13). The lowest BCUT2D eigenvalue weighted by Crippen LogP contribution is -2.59. The number of hydrazine groups is 1. The SMILES string of the molecule is COCCN=C(NN)N1CCNC(=O)C1C. The van der Waals surface area contributed by atoms with Crippen LogP contribution in [0.3, 0.4) is 0 Å². The monoisotopic (exact) mass is 229 g/mol. The van der Waals surface area contributed by atoms with Crippen LogP contribution in [0.5, 0.6) is 0 Å². The molecule has 16 heavy (non-hydrogen) atoms. The number of piperazine rings is 1. The first-order valence-electron chi connectivity index (χ1n) is 5.25. The summed E-state index contributed by atoms with van der Waals surface area (Å²) in [5.74, 6) is 5.91. The molecule has 0 aromatic rings. The van der Waals surface area contributed by atoms with Crippen LogP contribution in [0.4, 0.5) is 0 Å². The van der Waals surface area contributed by atoms with Crippen molar-refractivity contribution in [3.63, 3.8) is 0 Å². The van der Waals surface area contributed by atoms with Gasteiger partial charge in [0.2, 0.25) is 11.9 Å². The van der Waals surface area contributed by atoms with Gasteiger partial charge in [0.05, 0.1) is 13.2 Å². The second-order valence-corrected chi connectivity index (χ2v) is 3.50. The van der Waals surface area contributed by atoms with E-state index in [-0.39, 0.29) is 11.9 Å². The maximum Gasteiger partial charge on any atom is 0.242 e. The Kier molecular flexibility index (Phi) is 5.00. The molecule has 0 aromatic carbocycles. The average molecular weight is 229 g/mol. The number of hydrogen-bond acceptors (Lipinski definition) is 4. The van der Waals surface area contributed by atoms with E-state index < -0.39 is 0 Å². The molecule has 1 atom stereocenters. The maximum absolute atomic E-state index is 11.5. The third-order valence-corrected chi connectivity index (χ3v) is 2.46. The van der Waals surface area contributed by atoms with Crippen molar-refractivity contribution in [2.24, 2.45) is 10.8 Å². The molecule has 4 N–H and O–H groups in total. The molecule has 0 aromatic heterocycles. The highest BCUT2D eigenvalue weighted by Crippen LogP contribution is 2.03. The summed E-state index contributed by atoms with van der Waals surface area (Å²) in [5.41, 5.74) is 2.52. The maximum atomic E-state index is 11.5. The molecule has 1 aliphatic rings. The predicted molar refractivity (Wildman–Crippen MR) is 60.7 cm³/mol. The van der Waals surface area contributed by atoms with Crippen molar-refractivity contribution in [1.29, 1.82) is 0 Å². The van der Waals surface area contributed by atoms with Gasteiger partial charge in [-0.3, -0.25) is 10.2 Å². The Morgan fingerprint density at radius 1 is 1.81 bits per heavy atom. The van der Waals surface area contributed by atoms with E-state index in [0.29, 0.717) is 32.2 Å². The number of carbonyl (C=O) groups is 1. The van der Waals surface area contributed by atoms with Crippen molar-refractivity contribution in [3.8, 4) is 0 Å². The zero-order chi connectivity index (χ0) is 12.0. The molecule has 0 spiro atoms. The third kappa shape index (κ3) is 3.07. The van der Waals surface area contributed by atoms with Crippen LogP contribution in [0.15, 0.2) is 4.99 Å². The zero-order valence-corrected chi connectivity index (χ0v) is 9.69. The highest BCUT2D eigenvalue weighted by Gasteiger charge is 2.27. The summed E-state index contributed by atoms with van der Waals surface area (Å²) < 4.78 is 4.90. The Hall–Kier alpha value is -1.34. The van der Waals surface area contributed by atoms with Gasteiger partial charge in [0.1, 0.15) is 6.04 Å². The molecule has 1 amide bonds. The lowest BCUT2D eigenvalue weighted by Gasteiger charge is -2.34. The molecule has 1 saturated heterocycles. The van der Waals surface area contributed by atoms with Crippen molar-refractivity contribution in [1.82, 2.24) is 15.6 Å². The van der Waals surface area contributed by atoms with Gasteiger partial charge in [-0.1, -0.05) is 0 Å². The summed E-state index contributed by atoms with van der Waals surface area (Å²) in [4.78, 5) is 17.5. The van der Waals surface area contributed by atoms with Gasteiger partial charge in [-0.15, -0.1) is 0 Å². The molecular formula is C9H19N5O2. The second kappa shape index (κ2) is 6.29. The van der Waals surface area contributed by atoms with Gasteiger partial charge >= 0.3 is 0 Å². The Bertz CT molecular complexity index is 269. The van der Waals surface area contributed by atoms with Gasteiger partial charge in [0.15, 0.2) is 0 Å². The Labute approximate surface area is 95.0 Å². The van der Waals surface area contributed by atoms with Crippen LogP contribution in [-0.4, -0.2) is 56.2 Å². The molecule has 1 rings (SSSR count). The summed E-state index contributed by atoms with van der Waals surface area (Å²) >= 11 is 0. The number of nitrogens with two attached hydrogens (primary N) is 1. The number of aliphatic imine (C=N–C) groups is 1. The van der Waals surface area contributed by atoms with E-state index in [9.17, 15) is 4.79 Å². The largest absolute Gasteiger partial charge is 0.383 e. The van der Waals surface area contributed by atoms with Crippen LogP contribution < -0.4 is 16.6 Å². The second-order valence-electron chi connectivity index (χ2n) is 3.50. The van der Waals surface area contributed by atoms with Gasteiger partial charge in [-0.25, -0.2) is 10.8 Å². The molecule has 0 aliphatic carbocycles. The molecular weight excluding hydrogens is 210 g/mol. The van der Waals surface area contributed by atoms with E-state index in [1.807, 2.05) is 11.8 Å².